The van der Waals surface area contributed by atoms with Gasteiger partial charge in [-0.25, -0.2) is 0 Å². The molecule has 0 bridgehead atoms. The summed E-state index contributed by atoms with van der Waals surface area (Å²) in [5, 5.41) is 13.0. The lowest BCUT2D eigenvalue weighted by molar-refractivity contribution is -0.128. The van der Waals surface area contributed by atoms with E-state index in [1.165, 1.54) is 0 Å². The monoisotopic (exact) mass is 290 g/mol. The summed E-state index contributed by atoms with van der Waals surface area (Å²) in [7, 11) is 1.70. The van der Waals surface area contributed by atoms with Crippen LogP contribution in [0.3, 0.4) is 0 Å². The van der Waals surface area contributed by atoms with E-state index < -0.39 is 6.10 Å². The van der Waals surface area contributed by atoms with Gasteiger partial charge < -0.3 is 15.3 Å². The van der Waals surface area contributed by atoms with Crippen molar-refractivity contribution >= 4 is 11.8 Å². The predicted molar refractivity (Wildman–Crippen MR) is 79.5 cm³/mol. The van der Waals surface area contributed by atoms with Crippen LogP contribution in [0.2, 0.25) is 0 Å². The van der Waals surface area contributed by atoms with E-state index in [0.717, 1.165) is 5.56 Å². The third-order valence-corrected chi connectivity index (χ3v) is 3.95. The molecule has 5 heteroatoms. The van der Waals surface area contributed by atoms with Crippen LogP contribution in [0.1, 0.15) is 18.9 Å². The summed E-state index contributed by atoms with van der Waals surface area (Å²) in [5.41, 5.74) is 1.03. The number of benzene rings is 1. The zero-order valence-electron chi connectivity index (χ0n) is 12.5. The zero-order valence-corrected chi connectivity index (χ0v) is 12.5. The van der Waals surface area contributed by atoms with E-state index in [0.29, 0.717) is 13.0 Å². The molecule has 3 unspecified atom stereocenters. The highest BCUT2D eigenvalue weighted by atomic mass is 16.3. The first-order chi connectivity index (χ1) is 9.97. The quantitative estimate of drug-likeness (QED) is 0.833. The normalized spacial score (nSPS) is 21.2. The molecule has 114 valence electrons. The van der Waals surface area contributed by atoms with Crippen LogP contribution < -0.4 is 5.32 Å². The molecular formula is C16H22N2O3. The fourth-order valence-electron chi connectivity index (χ4n) is 2.51. The van der Waals surface area contributed by atoms with Crippen molar-refractivity contribution in [1.82, 2.24) is 10.2 Å². The number of aliphatic hydroxyl groups is 1. The van der Waals surface area contributed by atoms with Gasteiger partial charge in [-0.05, 0) is 12.5 Å². The van der Waals surface area contributed by atoms with Gasteiger partial charge in [-0.1, -0.05) is 30.3 Å². The predicted octanol–water partition coefficient (Wildman–Crippen LogP) is 0.573. The molecule has 1 aromatic carbocycles. The van der Waals surface area contributed by atoms with Gasteiger partial charge in [-0.2, -0.15) is 0 Å². The second kappa shape index (κ2) is 6.72. The fourth-order valence-corrected chi connectivity index (χ4v) is 2.51. The number of hydrogen-bond acceptors (Lipinski definition) is 3. The van der Waals surface area contributed by atoms with Crippen LogP contribution in [0.25, 0.3) is 0 Å². The Hall–Kier alpha value is -1.88. The van der Waals surface area contributed by atoms with Crippen molar-refractivity contribution in [3.8, 4) is 0 Å². The van der Waals surface area contributed by atoms with Gasteiger partial charge >= 0.3 is 0 Å². The molecular weight excluding hydrogens is 268 g/mol. The molecule has 2 amide bonds. The van der Waals surface area contributed by atoms with Crippen LogP contribution in [0, 0.1) is 5.92 Å². The largest absolute Gasteiger partial charge is 0.391 e. The van der Waals surface area contributed by atoms with Crippen LogP contribution >= 0.6 is 0 Å². The minimum Gasteiger partial charge on any atom is -0.391 e. The second-order valence-electron chi connectivity index (χ2n) is 5.73. The number of carbonyl (C=O) groups excluding carboxylic acids is 2. The molecule has 3 atom stereocenters. The summed E-state index contributed by atoms with van der Waals surface area (Å²) < 4.78 is 0. The standard InChI is InChI=1S/C16H22N2O3/c1-11(14(19)8-12-6-4-3-5-7-12)17-16(21)13-9-15(20)18(2)10-13/h3-7,11,13-14,19H,8-10H2,1-2H3,(H,17,21). The van der Waals surface area contributed by atoms with E-state index in [-0.39, 0.29) is 30.2 Å². The Kier molecular flexibility index (Phi) is 4.96. The van der Waals surface area contributed by atoms with Gasteiger partial charge in [0.25, 0.3) is 0 Å². The molecule has 0 saturated carbocycles. The lowest BCUT2D eigenvalue weighted by Crippen LogP contribution is -2.45. The Morgan fingerprint density at radius 1 is 1.43 bits per heavy atom. The number of rotatable bonds is 5. The summed E-state index contributed by atoms with van der Waals surface area (Å²) in [4.78, 5) is 25.1. The molecule has 21 heavy (non-hydrogen) atoms. The molecule has 1 heterocycles. The summed E-state index contributed by atoms with van der Waals surface area (Å²) in [6, 6.07) is 9.31. The number of carbonyl (C=O) groups is 2. The maximum atomic E-state index is 12.1. The van der Waals surface area contributed by atoms with Crippen LogP contribution in [-0.2, 0) is 16.0 Å². The molecule has 0 radical (unpaired) electrons. The maximum absolute atomic E-state index is 12.1. The van der Waals surface area contributed by atoms with E-state index >= 15 is 0 Å². The van der Waals surface area contributed by atoms with E-state index in [4.69, 9.17) is 0 Å². The van der Waals surface area contributed by atoms with Crippen molar-refractivity contribution in [3.63, 3.8) is 0 Å². The van der Waals surface area contributed by atoms with Gasteiger partial charge in [0.1, 0.15) is 0 Å². The van der Waals surface area contributed by atoms with E-state index in [2.05, 4.69) is 5.32 Å². The minimum atomic E-state index is -0.647. The highest BCUT2D eigenvalue weighted by Crippen LogP contribution is 2.16. The third-order valence-electron chi connectivity index (χ3n) is 3.95. The molecule has 1 aromatic rings. The molecule has 0 aromatic heterocycles. The highest BCUT2D eigenvalue weighted by Gasteiger charge is 2.33. The van der Waals surface area contributed by atoms with Crippen molar-refractivity contribution in [3.05, 3.63) is 35.9 Å². The minimum absolute atomic E-state index is 0.00682. The van der Waals surface area contributed by atoms with Crippen LogP contribution in [0.5, 0.6) is 0 Å². The molecule has 1 saturated heterocycles. The third kappa shape index (κ3) is 4.04. The Bertz CT molecular complexity index is 504. The van der Waals surface area contributed by atoms with Crippen molar-refractivity contribution in [2.75, 3.05) is 13.6 Å². The topological polar surface area (TPSA) is 69.6 Å². The van der Waals surface area contributed by atoms with Gasteiger partial charge in [0, 0.05) is 26.4 Å². The van der Waals surface area contributed by atoms with Gasteiger partial charge in [0.15, 0.2) is 0 Å². The van der Waals surface area contributed by atoms with Crippen LogP contribution in [-0.4, -0.2) is 47.6 Å². The molecule has 0 spiro atoms. The summed E-state index contributed by atoms with van der Waals surface area (Å²) in [5.74, 6) is -0.478. The van der Waals surface area contributed by atoms with Crippen LogP contribution in [0.15, 0.2) is 30.3 Å². The molecule has 1 aliphatic heterocycles. The molecule has 2 N–H and O–H groups in total. The number of hydrogen-bond donors (Lipinski definition) is 2. The molecule has 2 rings (SSSR count). The number of nitrogens with zero attached hydrogens (tertiary/aromatic N) is 1. The average molecular weight is 290 g/mol. The number of amides is 2. The fraction of sp³-hybridized carbons (Fsp3) is 0.500. The first-order valence-corrected chi connectivity index (χ1v) is 7.23. The Balaban J connectivity index is 1.84. The Morgan fingerprint density at radius 2 is 2.10 bits per heavy atom. The zero-order chi connectivity index (χ0) is 15.4. The maximum Gasteiger partial charge on any atom is 0.225 e. The molecule has 1 fully saturated rings. The second-order valence-corrected chi connectivity index (χ2v) is 5.73. The molecule has 5 nitrogen and oxygen atoms in total. The summed E-state index contributed by atoms with van der Waals surface area (Å²) >= 11 is 0. The van der Waals surface area contributed by atoms with E-state index in [9.17, 15) is 14.7 Å². The van der Waals surface area contributed by atoms with Gasteiger partial charge in [0.2, 0.25) is 11.8 Å². The number of aliphatic hydroxyl groups excluding tert-OH is 1. The first kappa shape index (κ1) is 15.5. The summed E-state index contributed by atoms with van der Waals surface area (Å²) in [6.45, 7) is 2.23. The van der Waals surface area contributed by atoms with Crippen molar-refractivity contribution < 1.29 is 14.7 Å². The lowest BCUT2D eigenvalue weighted by Gasteiger charge is -2.22. The van der Waals surface area contributed by atoms with E-state index in [1.54, 1.807) is 18.9 Å². The Morgan fingerprint density at radius 3 is 2.67 bits per heavy atom. The van der Waals surface area contributed by atoms with E-state index in [1.807, 2.05) is 30.3 Å². The lowest BCUT2D eigenvalue weighted by atomic mass is 10.0. The Labute approximate surface area is 125 Å². The highest BCUT2D eigenvalue weighted by molar-refractivity contribution is 5.89. The summed E-state index contributed by atoms with van der Waals surface area (Å²) in [6.07, 6.45) is 0.0986. The molecule has 1 aliphatic rings. The average Bonchev–Trinajstić information content (AvgIpc) is 2.80. The van der Waals surface area contributed by atoms with Gasteiger partial charge in [0.05, 0.1) is 18.1 Å². The van der Waals surface area contributed by atoms with Crippen molar-refractivity contribution in [1.29, 1.82) is 0 Å². The first-order valence-electron chi connectivity index (χ1n) is 7.23. The van der Waals surface area contributed by atoms with Gasteiger partial charge in [-0.3, -0.25) is 9.59 Å². The van der Waals surface area contributed by atoms with Crippen molar-refractivity contribution in [2.24, 2.45) is 5.92 Å². The number of nitrogens with one attached hydrogen (secondary N) is 1. The van der Waals surface area contributed by atoms with Crippen molar-refractivity contribution in [2.45, 2.75) is 31.9 Å². The number of likely N-dealkylation sites (tertiary alicyclic amines) is 1. The van der Waals surface area contributed by atoms with Gasteiger partial charge in [-0.15, -0.1) is 0 Å². The SMILES string of the molecule is CC(NC(=O)C1CC(=O)N(C)C1)C(O)Cc1ccccc1. The molecule has 0 aliphatic carbocycles. The van der Waals surface area contributed by atoms with Crippen LogP contribution in [0.4, 0.5) is 0 Å². The smallest absolute Gasteiger partial charge is 0.225 e.